The zero-order valence-corrected chi connectivity index (χ0v) is 10.6. The van der Waals surface area contributed by atoms with Gasteiger partial charge in [0.2, 0.25) is 0 Å². The van der Waals surface area contributed by atoms with E-state index in [1.807, 2.05) is 30.3 Å². The number of para-hydroxylation sites is 1. The number of halogens is 1. The van der Waals surface area contributed by atoms with Gasteiger partial charge >= 0.3 is 0 Å². The van der Waals surface area contributed by atoms with Gasteiger partial charge in [-0.1, -0.05) is 28.1 Å². The van der Waals surface area contributed by atoms with Crippen molar-refractivity contribution in [3.63, 3.8) is 0 Å². The molecule has 0 radical (unpaired) electrons. The number of fused-ring (bicyclic) bond motifs is 1. The number of hydrogen-bond acceptors (Lipinski definition) is 2. The second kappa shape index (κ2) is 5.85. The fourth-order valence-electron chi connectivity index (χ4n) is 1.57. The van der Waals surface area contributed by atoms with E-state index < -0.39 is 0 Å². The first-order chi connectivity index (χ1) is 7.92. The Hall–Kier alpha value is -1.09. The van der Waals surface area contributed by atoms with Crippen molar-refractivity contribution in [2.45, 2.75) is 12.8 Å². The molecule has 3 heteroatoms. The first-order valence-corrected chi connectivity index (χ1v) is 6.56. The lowest BCUT2D eigenvalue weighted by Gasteiger charge is -2.08. The van der Waals surface area contributed by atoms with E-state index in [0.29, 0.717) is 0 Å². The molecule has 0 aliphatic rings. The summed E-state index contributed by atoms with van der Waals surface area (Å²) in [5.74, 6) is 0.931. The van der Waals surface area contributed by atoms with E-state index >= 15 is 0 Å². The quantitative estimate of drug-likeness (QED) is 0.614. The maximum atomic E-state index is 5.76. The summed E-state index contributed by atoms with van der Waals surface area (Å²) in [5.41, 5.74) is 0.987. The van der Waals surface area contributed by atoms with Gasteiger partial charge in [0.25, 0.3) is 0 Å². The third kappa shape index (κ3) is 2.73. The number of rotatable bonds is 5. The minimum atomic E-state index is 0.763. The monoisotopic (exact) mass is 279 g/mol. The maximum Gasteiger partial charge on any atom is 0.130 e. The van der Waals surface area contributed by atoms with E-state index in [9.17, 15) is 0 Å². The Morgan fingerprint density at radius 3 is 2.88 bits per heavy atom. The van der Waals surface area contributed by atoms with Gasteiger partial charge in [0, 0.05) is 16.9 Å². The molecule has 0 bridgehead atoms. The van der Waals surface area contributed by atoms with Crippen molar-refractivity contribution in [2.75, 3.05) is 11.9 Å². The van der Waals surface area contributed by atoms with Crippen molar-refractivity contribution in [2.24, 2.45) is 0 Å². The zero-order valence-electron chi connectivity index (χ0n) is 9.03. The van der Waals surface area contributed by atoms with Crippen LogP contribution in [0.4, 0.5) is 0 Å². The number of nitrogens with zero attached hydrogens (tertiary/aromatic N) is 1. The molecule has 0 unspecified atom stereocenters. The topological polar surface area (TPSA) is 22.1 Å². The highest BCUT2D eigenvalue weighted by atomic mass is 79.9. The molecule has 0 spiro atoms. The molecule has 0 fully saturated rings. The minimum absolute atomic E-state index is 0.763. The smallest absolute Gasteiger partial charge is 0.130 e. The number of pyridine rings is 1. The van der Waals surface area contributed by atoms with Crippen molar-refractivity contribution in [1.82, 2.24) is 4.98 Å². The van der Waals surface area contributed by atoms with Crippen LogP contribution < -0.4 is 4.74 Å². The molecule has 0 saturated carbocycles. The SMILES string of the molecule is BrCCCCOc1ccnc2ccccc12. The largest absolute Gasteiger partial charge is 0.493 e. The van der Waals surface area contributed by atoms with Crippen LogP contribution in [0, 0.1) is 0 Å². The lowest BCUT2D eigenvalue weighted by molar-refractivity contribution is 0.313. The Bertz CT molecular complexity index is 453. The van der Waals surface area contributed by atoms with Gasteiger partial charge in [0.05, 0.1) is 12.1 Å². The summed E-state index contributed by atoms with van der Waals surface area (Å²) < 4.78 is 5.76. The molecule has 0 N–H and O–H groups in total. The van der Waals surface area contributed by atoms with E-state index in [0.717, 1.165) is 41.4 Å². The lowest BCUT2D eigenvalue weighted by Crippen LogP contribution is -1.98. The fourth-order valence-corrected chi connectivity index (χ4v) is 1.97. The van der Waals surface area contributed by atoms with Gasteiger partial charge in [-0.05, 0) is 31.0 Å². The van der Waals surface area contributed by atoms with Gasteiger partial charge in [-0.3, -0.25) is 4.98 Å². The molecular formula is C13H14BrNO. The molecule has 16 heavy (non-hydrogen) atoms. The van der Waals surface area contributed by atoms with Crippen molar-refractivity contribution in [3.8, 4) is 5.75 Å². The Morgan fingerprint density at radius 2 is 2.00 bits per heavy atom. The number of hydrogen-bond donors (Lipinski definition) is 0. The molecule has 2 nitrogen and oxygen atoms in total. The summed E-state index contributed by atoms with van der Waals surface area (Å²) in [6.45, 7) is 0.763. The summed E-state index contributed by atoms with van der Waals surface area (Å²) in [5, 5.41) is 2.12. The van der Waals surface area contributed by atoms with Crippen molar-refractivity contribution in [3.05, 3.63) is 36.5 Å². The van der Waals surface area contributed by atoms with Crippen molar-refractivity contribution >= 4 is 26.8 Å². The molecule has 1 aromatic carbocycles. The van der Waals surface area contributed by atoms with E-state index in [1.165, 1.54) is 0 Å². The summed E-state index contributed by atoms with van der Waals surface area (Å²) in [4.78, 5) is 4.30. The molecule has 0 saturated heterocycles. The molecule has 1 heterocycles. The molecular weight excluding hydrogens is 266 g/mol. The predicted molar refractivity (Wildman–Crippen MR) is 70.3 cm³/mol. The Morgan fingerprint density at radius 1 is 1.12 bits per heavy atom. The van der Waals surface area contributed by atoms with Crippen LogP contribution in [0.25, 0.3) is 10.9 Å². The lowest BCUT2D eigenvalue weighted by atomic mass is 10.2. The first kappa shape index (κ1) is 11.4. The summed E-state index contributed by atoms with van der Waals surface area (Å²) in [7, 11) is 0. The number of ether oxygens (including phenoxy) is 1. The third-order valence-electron chi connectivity index (χ3n) is 2.39. The van der Waals surface area contributed by atoms with Crippen molar-refractivity contribution in [1.29, 1.82) is 0 Å². The number of alkyl halides is 1. The van der Waals surface area contributed by atoms with Crippen LogP contribution in [0.1, 0.15) is 12.8 Å². The van der Waals surface area contributed by atoms with Crippen LogP contribution in [-0.2, 0) is 0 Å². The average molecular weight is 280 g/mol. The molecule has 84 valence electrons. The van der Waals surface area contributed by atoms with Crippen LogP contribution in [-0.4, -0.2) is 16.9 Å². The predicted octanol–water partition coefficient (Wildman–Crippen LogP) is 3.79. The van der Waals surface area contributed by atoms with Gasteiger partial charge in [0.1, 0.15) is 5.75 Å². The van der Waals surface area contributed by atoms with Crippen molar-refractivity contribution < 1.29 is 4.74 Å². The highest BCUT2D eigenvalue weighted by Gasteiger charge is 2.01. The van der Waals surface area contributed by atoms with Crippen LogP contribution in [0.2, 0.25) is 0 Å². The normalized spacial score (nSPS) is 10.6. The Kier molecular flexibility index (Phi) is 4.17. The minimum Gasteiger partial charge on any atom is -0.493 e. The maximum absolute atomic E-state index is 5.76. The molecule has 0 aliphatic carbocycles. The second-order valence-electron chi connectivity index (χ2n) is 3.57. The second-order valence-corrected chi connectivity index (χ2v) is 4.36. The van der Waals surface area contributed by atoms with Gasteiger partial charge in [-0.25, -0.2) is 0 Å². The highest BCUT2D eigenvalue weighted by molar-refractivity contribution is 9.09. The summed E-state index contributed by atoms with van der Waals surface area (Å²) in [6, 6.07) is 9.97. The third-order valence-corrected chi connectivity index (χ3v) is 2.96. The average Bonchev–Trinajstić information content (AvgIpc) is 2.35. The molecule has 1 aromatic heterocycles. The van der Waals surface area contributed by atoms with Crippen LogP contribution in [0.5, 0.6) is 5.75 Å². The molecule has 0 aliphatic heterocycles. The van der Waals surface area contributed by atoms with E-state index in [4.69, 9.17) is 4.74 Å². The van der Waals surface area contributed by atoms with Crippen LogP contribution >= 0.6 is 15.9 Å². The van der Waals surface area contributed by atoms with E-state index in [1.54, 1.807) is 6.20 Å². The number of unbranched alkanes of at least 4 members (excludes halogenated alkanes) is 1. The number of aromatic nitrogens is 1. The van der Waals surface area contributed by atoms with Gasteiger partial charge in [-0.15, -0.1) is 0 Å². The molecule has 0 atom stereocenters. The zero-order chi connectivity index (χ0) is 11.2. The molecule has 2 rings (SSSR count). The van der Waals surface area contributed by atoms with E-state index in [2.05, 4.69) is 20.9 Å². The summed E-state index contributed by atoms with van der Waals surface area (Å²) >= 11 is 3.41. The van der Waals surface area contributed by atoms with E-state index in [-0.39, 0.29) is 0 Å². The number of benzene rings is 1. The molecule has 2 aromatic rings. The van der Waals surface area contributed by atoms with Crippen LogP contribution in [0.3, 0.4) is 0 Å². The molecule has 0 amide bonds. The van der Waals surface area contributed by atoms with Crippen LogP contribution in [0.15, 0.2) is 36.5 Å². The first-order valence-electron chi connectivity index (χ1n) is 5.44. The van der Waals surface area contributed by atoms with Gasteiger partial charge < -0.3 is 4.74 Å². The highest BCUT2D eigenvalue weighted by Crippen LogP contribution is 2.23. The Labute approximate surface area is 104 Å². The fraction of sp³-hybridized carbons (Fsp3) is 0.308. The standard InChI is InChI=1S/C13H14BrNO/c14-8-3-4-10-16-13-7-9-15-12-6-2-1-5-11(12)13/h1-2,5-7,9H,3-4,8,10H2. The van der Waals surface area contributed by atoms with Gasteiger partial charge in [0.15, 0.2) is 0 Å². The Balaban J connectivity index is 2.11. The van der Waals surface area contributed by atoms with Gasteiger partial charge in [-0.2, -0.15) is 0 Å². The summed E-state index contributed by atoms with van der Waals surface area (Å²) in [6.07, 6.45) is 4.01.